The van der Waals surface area contributed by atoms with Gasteiger partial charge < -0.3 is 4.74 Å². The minimum absolute atomic E-state index is 0.220. The summed E-state index contributed by atoms with van der Waals surface area (Å²) in [5, 5.41) is 0.676. The van der Waals surface area contributed by atoms with Crippen molar-refractivity contribution in [2.24, 2.45) is 0 Å². The monoisotopic (exact) mass is 204 g/mol. The van der Waals surface area contributed by atoms with Gasteiger partial charge in [0.1, 0.15) is 0 Å². The zero-order valence-electron chi connectivity index (χ0n) is 8.84. The number of hydrogen-bond donors (Lipinski definition) is 0. The second-order valence-electron chi connectivity index (χ2n) is 3.16. The molecule has 0 bridgehead atoms. The van der Waals surface area contributed by atoms with Gasteiger partial charge in [0.2, 0.25) is 0 Å². The lowest BCUT2D eigenvalue weighted by atomic mass is 10.1. The largest absolute Gasteiger partial charge is 0.385 e. The van der Waals surface area contributed by atoms with Crippen molar-refractivity contribution < 1.29 is 9.53 Å². The quantitative estimate of drug-likeness (QED) is 0.638. The summed E-state index contributed by atoms with van der Waals surface area (Å²) < 4.78 is 5.01. The summed E-state index contributed by atoms with van der Waals surface area (Å²) >= 11 is 1.46. The summed E-state index contributed by atoms with van der Waals surface area (Å²) in [7, 11) is 1.70. The van der Waals surface area contributed by atoms with Gasteiger partial charge in [-0.05, 0) is 12.8 Å². The molecule has 0 aliphatic heterocycles. The van der Waals surface area contributed by atoms with Gasteiger partial charge in [0, 0.05) is 25.9 Å². The molecule has 0 aliphatic rings. The minimum atomic E-state index is 0.220. The summed E-state index contributed by atoms with van der Waals surface area (Å²) in [6.07, 6.45) is 4.52. The van der Waals surface area contributed by atoms with Crippen molar-refractivity contribution in [3.8, 4) is 0 Å². The first kappa shape index (κ1) is 13.0. The first-order valence-electron chi connectivity index (χ1n) is 4.86. The highest BCUT2D eigenvalue weighted by molar-refractivity contribution is 8.14. The summed E-state index contributed by atoms with van der Waals surface area (Å²) in [5.41, 5.74) is 0. The number of rotatable bonds is 7. The summed E-state index contributed by atoms with van der Waals surface area (Å²) in [6, 6.07) is 0. The normalized spacial score (nSPS) is 12.8. The maximum atomic E-state index is 10.9. The van der Waals surface area contributed by atoms with Crippen LogP contribution in [0, 0.1) is 0 Å². The van der Waals surface area contributed by atoms with Crippen LogP contribution in [0.15, 0.2) is 0 Å². The van der Waals surface area contributed by atoms with Crippen LogP contribution in [0.2, 0.25) is 0 Å². The molecule has 0 N–H and O–H groups in total. The van der Waals surface area contributed by atoms with Gasteiger partial charge in [-0.2, -0.15) is 0 Å². The van der Waals surface area contributed by atoms with Gasteiger partial charge >= 0.3 is 0 Å². The molecule has 0 saturated heterocycles. The summed E-state index contributed by atoms with van der Waals surface area (Å²) in [5.74, 6) is 0. The molecule has 0 amide bonds. The smallest absolute Gasteiger partial charge is 0.186 e. The number of thioether (sulfide) groups is 1. The second kappa shape index (κ2) is 8.57. The third kappa shape index (κ3) is 8.31. The lowest BCUT2D eigenvalue weighted by Crippen LogP contribution is -2.08. The van der Waals surface area contributed by atoms with E-state index in [0.29, 0.717) is 5.25 Å². The summed E-state index contributed by atoms with van der Waals surface area (Å²) in [6.45, 7) is 4.57. The van der Waals surface area contributed by atoms with E-state index in [0.717, 1.165) is 19.4 Å². The van der Waals surface area contributed by atoms with Gasteiger partial charge in [0.15, 0.2) is 5.12 Å². The Balaban J connectivity index is 3.66. The first-order chi connectivity index (χ1) is 6.20. The number of methoxy groups -OCH3 is 1. The molecule has 3 heteroatoms. The lowest BCUT2D eigenvalue weighted by Gasteiger charge is -2.13. The second-order valence-corrected chi connectivity index (χ2v) is 4.63. The molecule has 0 spiro atoms. The highest BCUT2D eigenvalue weighted by atomic mass is 32.2. The minimum Gasteiger partial charge on any atom is -0.385 e. The zero-order chi connectivity index (χ0) is 10.1. The molecule has 13 heavy (non-hydrogen) atoms. The van der Waals surface area contributed by atoms with Gasteiger partial charge in [-0.15, -0.1) is 0 Å². The molecule has 0 aliphatic carbocycles. The van der Waals surface area contributed by atoms with Crippen molar-refractivity contribution in [1.29, 1.82) is 0 Å². The molecule has 0 aromatic rings. The third-order valence-corrected chi connectivity index (χ3v) is 2.99. The van der Waals surface area contributed by atoms with E-state index >= 15 is 0 Å². The molecular formula is C10H20O2S. The highest BCUT2D eigenvalue weighted by Crippen LogP contribution is 2.21. The van der Waals surface area contributed by atoms with Crippen LogP contribution in [0.25, 0.3) is 0 Å². The molecule has 0 fully saturated rings. The van der Waals surface area contributed by atoms with Gasteiger partial charge in [-0.25, -0.2) is 0 Å². The Morgan fingerprint density at radius 3 is 2.62 bits per heavy atom. The van der Waals surface area contributed by atoms with Crippen molar-refractivity contribution in [2.45, 2.75) is 44.8 Å². The SMILES string of the molecule is CCCCC(CCOC)SC(C)=O. The number of hydrogen-bond acceptors (Lipinski definition) is 3. The molecule has 1 atom stereocenters. The highest BCUT2D eigenvalue weighted by Gasteiger charge is 2.10. The van der Waals surface area contributed by atoms with Crippen LogP contribution >= 0.6 is 11.8 Å². The van der Waals surface area contributed by atoms with Crippen LogP contribution in [-0.4, -0.2) is 24.1 Å². The van der Waals surface area contributed by atoms with Gasteiger partial charge in [-0.3, -0.25) is 4.79 Å². The Labute approximate surface area is 85.4 Å². The number of carbonyl (C=O) groups excluding carboxylic acids is 1. The Morgan fingerprint density at radius 1 is 1.46 bits per heavy atom. The number of carbonyl (C=O) groups is 1. The van der Waals surface area contributed by atoms with Crippen LogP contribution < -0.4 is 0 Å². The standard InChI is InChI=1S/C10H20O2S/c1-4-5-6-10(7-8-12-3)13-9(2)11/h10H,4-8H2,1-3H3. The fraction of sp³-hybridized carbons (Fsp3) is 0.900. The average molecular weight is 204 g/mol. The average Bonchev–Trinajstić information content (AvgIpc) is 2.09. The van der Waals surface area contributed by atoms with E-state index in [1.165, 1.54) is 24.6 Å². The molecule has 0 saturated carbocycles. The van der Waals surface area contributed by atoms with Gasteiger partial charge in [0.25, 0.3) is 0 Å². The maximum Gasteiger partial charge on any atom is 0.186 e. The lowest BCUT2D eigenvalue weighted by molar-refractivity contribution is -0.109. The number of ether oxygens (including phenoxy) is 1. The molecule has 0 rings (SSSR count). The van der Waals surface area contributed by atoms with E-state index in [1.807, 2.05) is 0 Å². The molecule has 2 nitrogen and oxygen atoms in total. The van der Waals surface area contributed by atoms with Crippen LogP contribution in [0.1, 0.15) is 39.5 Å². The van der Waals surface area contributed by atoms with Crippen molar-refractivity contribution >= 4 is 16.9 Å². The Bertz CT molecular complexity index is 129. The van der Waals surface area contributed by atoms with Gasteiger partial charge in [0.05, 0.1) is 0 Å². The molecule has 1 unspecified atom stereocenters. The topological polar surface area (TPSA) is 26.3 Å². The third-order valence-electron chi connectivity index (χ3n) is 1.86. The number of unbranched alkanes of at least 4 members (excludes halogenated alkanes) is 1. The van der Waals surface area contributed by atoms with Crippen LogP contribution in [0.5, 0.6) is 0 Å². The van der Waals surface area contributed by atoms with E-state index < -0.39 is 0 Å². The van der Waals surface area contributed by atoms with E-state index in [1.54, 1.807) is 14.0 Å². The van der Waals surface area contributed by atoms with Crippen molar-refractivity contribution in [3.63, 3.8) is 0 Å². The molecule has 78 valence electrons. The Kier molecular flexibility index (Phi) is 8.56. The molecule has 0 aromatic heterocycles. The maximum absolute atomic E-state index is 10.9. The van der Waals surface area contributed by atoms with E-state index in [2.05, 4.69) is 6.92 Å². The van der Waals surface area contributed by atoms with Crippen molar-refractivity contribution in [1.82, 2.24) is 0 Å². The molecule has 0 radical (unpaired) electrons. The van der Waals surface area contributed by atoms with E-state index in [4.69, 9.17) is 4.74 Å². The van der Waals surface area contributed by atoms with E-state index in [-0.39, 0.29) is 5.12 Å². The fourth-order valence-corrected chi connectivity index (χ4v) is 2.15. The van der Waals surface area contributed by atoms with Crippen molar-refractivity contribution in [2.75, 3.05) is 13.7 Å². The van der Waals surface area contributed by atoms with Crippen LogP contribution in [0.4, 0.5) is 0 Å². The molecule has 0 heterocycles. The molecular weight excluding hydrogens is 184 g/mol. The molecule has 0 aromatic carbocycles. The predicted molar refractivity (Wildman–Crippen MR) is 58.1 cm³/mol. The Morgan fingerprint density at radius 2 is 2.15 bits per heavy atom. The van der Waals surface area contributed by atoms with Crippen LogP contribution in [-0.2, 0) is 9.53 Å². The fourth-order valence-electron chi connectivity index (χ4n) is 1.18. The van der Waals surface area contributed by atoms with Crippen LogP contribution in [0.3, 0.4) is 0 Å². The first-order valence-corrected chi connectivity index (χ1v) is 5.74. The van der Waals surface area contributed by atoms with Gasteiger partial charge in [-0.1, -0.05) is 31.5 Å². The van der Waals surface area contributed by atoms with Crippen molar-refractivity contribution in [3.05, 3.63) is 0 Å². The summed E-state index contributed by atoms with van der Waals surface area (Å²) in [4.78, 5) is 10.9. The zero-order valence-corrected chi connectivity index (χ0v) is 9.65. The Hall–Kier alpha value is -0.0200. The predicted octanol–water partition coefficient (Wildman–Crippen LogP) is 2.86. The van der Waals surface area contributed by atoms with E-state index in [9.17, 15) is 4.79 Å².